The smallest absolute Gasteiger partial charge is 0.120 e. The SMILES string of the molecule is COc1ccc(C2=C(/C(C)=C/C=C(\C)O[C@H]3CCN(CCCF)C3)c3ccc(N)cc3CCC2)c(Cl)c1. The second-order valence-corrected chi connectivity index (χ2v) is 10.4. The van der Waals surface area contributed by atoms with Crippen molar-refractivity contribution in [3.63, 3.8) is 0 Å². The number of nitrogen functional groups attached to an aromatic ring is 1. The van der Waals surface area contributed by atoms with E-state index in [1.54, 1.807) is 7.11 Å². The van der Waals surface area contributed by atoms with E-state index in [1.807, 2.05) is 25.1 Å². The molecule has 0 bridgehead atoms. The number of allylic oxidation sites excluding steroid dienone is 6. The number of fused-ring (bicyclic) bond motifs is 1. The maximum Gasteiger partial charge on any atom is 0.120 e. The molecule has 2 aromatic rings. The predicted octanol–water partition coefficient (Wildman–Crippen LogP) is 7.48. The average Bonchev–Trinajstić information content (AvgIpc) is 3.24. The van der Waals surface area contributed by atoms with Gasteiger partial charge in [0.15, 0.2) is 0 Å². The lowest BCUT2D eigenvalue weighted by Crippen LogP contribution is -2.24. The second kappa shape index (κ2) is 12.7. The molecule has 0 amide bonds. The van der Waals surface area contributed by atoms with E-state index in [-0.39, 0.29) is 12.8 Å². The minimum atomic E-state index is -0.264. The van der Waals surface area contributed by atoms with Crippen molar-refractivity contribution in [3.8, 4) is 5.75 Å². The van der Waals surface area contributed by atoms with Crippen molar-refractivity contribution in [1.82, 2.24) is 4.90 Å². The Labute approximate surface area is 225 Å². The van der Waals surface area contributed by atoms with Crippen molar-refractivity contribution in [2.24, 2.45) is 0 Å². The van der Waals surface area contributed by atoms with E-state index in [0.29, 0.717) is 11.4 Å². The first-order valence-corrected chi connectivity index (χ1v) is 13.5. The fourth-order valence-electron chi connectivity index (χ4n) is 5.40. The Morgan fingerprint density at radius 3 is 2.70 bits per heavy atom. The minimum absolute atomic E-state index is 0.152. The van der Waals surface area contributed by atoms with E-state index < -0.39 is 0 Å². The molecule has 1 aliphatic heterocycles. The number of methoxy groups -OCH3 is 1. The molecule has 1 heterocycles. The Kier molecular flexibility index (Phi) is 9.33. The highest BCUT2D eigenvalue weighted by molar-refractivity contribution is 6.33. The summed E-state index contributed by atoms with van der Waals surface area (Å²) in [4.78, 5) is 2.28. The van der Waals surface area contributed by atoms with Crippen LogP contribution < -0.4 is 10.5 Å². The van der Waals surface area contributed by atoms with Gasteiger partial charge in [-0.1, -0.05) is 23.7 Å². The van der Waals surface area contributed by atoms with Gasteiger partial charge < -0.3 is 15.2 Å². The molecule has 6 heteroatoms. The lowest BCUT2D eigenvalue weighted by atomic mass is 9.88. The number of hydrogen-bond donors (Lipinski definition) is 1. The first-order valence-electron chi connectivity index (χ1n) is 13.2. The number of aryl methyl sites for hydroxylation is 1. The molecule has 0 radical (unpaired) electrons. The van der Waals surface area contributed by atoms with Crippen molar-refractivity contribution in [3.05, 3.63) is 81.6 Å². The molecule has 2 aliphatic rings. The summed E-state index contributed by atoms with van der Waals surface area (Å²) < 4.78 is 24.1. The van der Waals surface area contributed by atoms with E-state index in [0.717, 1.165) is 73.7 Å². The molecule has 2 aromatic carbocycles. The van der Waals surface area contributed by atoms with Crippen molar-refractivity contribution in [1.29, 1.82) is 0 Å². The Morgan fingerprint density at radius 1 is 1.14 bits per heavy atom. The van der Waals surface area contributed by atoms with E-state index in [2.05, 4.69) is 42.2 Å². The molecule has 0 aromatic heterocycles. The molecule has 0 spiro atoms. The normalized spacial score (nSPS) is 19.1. The van der Waals surface area contributed by atoms with Gasteiger partial charge in [0.2, 0.25) is 0 Å². The van der Waals surface area contributed by atoms with Crippen LogP contribution in [0.2, 0.25) is 5.02 Å². The molecule has 4 rings (SSSR count). The first-order chi connectivity index (χ1) is 17.9. The van der Waals surface area contributed by atoms with Crippen LogP contribution in [0.4, 0.5) is 10.1 Å². The molecule has 37 heavy (non-hydrogen) atoms. The number of benzene rings is 2. The van der Waals surface area contributed by atoms with Gasteiger partial charge in [0.1, 0.15) is 11.9 Å². The lowest BCUT2D eigenvalue weighted by molar-refractivity contribution is 0.121. The topological polar surface area (TPSA) is 47.7 Å². The number of anilines is 1. The maximum atomic E-state index is 12.5. The zero-order valence-electron chi connectivity index (χ0n) is 22.2. The molecule has 0 unspecified atom stereocenters. The number of likely N-dealkylation sites (tertiary alicyclic amines) is 1. The van der Waals surface area contributed by atoms with Gasteiger partial charge in [0.05, 0.1) is 24.6 Å². The third-order valence-electron chi connectivity index (χ3n) is 7.23. The number of nitrogens with two attached hydrogens (primary N) is 1. The Balaban J connectivity index is 1.67. The molecule has 0 saturated carbocycles. The van der Waals surface area contributed by atoms with Crippen LogP contribution >= 0.6 is 11.6 Å². The highest BCUT2D eigenvalue weighted by Crippen LogP contribution is 2.42. The van der Waals surface area contributed by atoms with Gasteiger partial charge in [-0.25, -0.2) is 0 Å². The van der Waals surface area contributed by atoms with Crippen LogP contribution in [-0.4, -0.2) is 44.4 Å². The van der Waals surface area contributed by atoms with Crippen molar-refractivity contribution >= 4 is 28.4 Å². The van der Waals surface area contributed by atoms with Gasteiger partial charge in [-0.3, -0.25) is 9.29 Å². The zero-order valence-corrected chi connectivity index (χ0v) is 22.9. The second-order valence-electron chi connectivity index (χ2n) is 9.97. The third kappa shape index (κ3) is 6.77. The molecular weight excluding hydrogens is 487 g/mol. The van der Waals surface area contributed by atoms with Gasteiger partial charge in [-0.15, -0.1) is 0 Å². The van der Waals surface area contributed by atoms with Crippen LogP contribution in [0.3, 0.4) is 0 Å². The monoisotopic (exact) mass is 524 g/mol. The fourth-order valence-corrected chi connectivity index (χ4v) is 5.69. The molecule has 2 N–H and O–H groups in total. The Bertz CT molecular complexity index is 1200. The molecule has 1 fully saturated rings. The Morgan fingerprint density at radius 2 is 1.95 bits per heavy atom. The summed E-state index contributed by atoms with van der Waals surface area (Å²) in [6, 6.07) is 12.1. The number of ether oxygens (including phenoxy) is 2. The van der Waals surface area contributed by atoms with E-state index >= 15 is 0 Å². The van der Waals surface area contributed by atoms with Crippen molar-refractivity contribution in [2.75, 3.05) is 39.2 Å². The summed E-state index contributed by atoms with van der Waals surface area (Å²) in [7, 11) is 1.65. The highest BCUT2D eigenvalue weighted by atomic mass is 35.5. The summed E-state index contributed by atoms with van der Waals surface area (Å²) in [5, 5.41) is 0.687. The van der Waals surface area contributed by atoms with Crippen molar-refractivity contribution < 1.29 is 13.9 Å². The van der Waals surface area contributed by atoms with Crippen LogP contribution in [0.25, 0.3) is 11.1 Å². The molecular formula is C31H38ClFN2O2. The van der Waals surface area contributed by atoms with Crippen LogP contribution in [0.15, 0.2) is 59.9 Å². The number of alkyl halides is 1. The van der Waals surface area contributed by atoms with Gasteiger partial charge in [-0.2, -0.15) is 0 Å². The zero-order chi connectivity index (χ0) is 26.4. The molecule has 1 aliphatic carbocycles. The average molecular weight is 525 g/mol. The summed E-state index contributed by atoms with van der Waals surface area (Å²) in [6.07, 6.45) is 8.81. The summed E-state index contributed by atoms with van der Waals surface area (Å²) in [5.41, 5.74) is 14.0. The predicted molar refractivity (Wildman–Crippen MR) is 153 cm³/mol. The summed E-state index contributed by atoms with van der Waals surface area (Å²) in [5.74, 6) is 1.63. The van der Waals surface area contributed by atoms with Gasteiger partial charge in [0.25, 0.3) is 0 Å². The molecule has 4 nitrogen and oxygen atoms in total. The molecule has 1 saturated heterocycles. The van der Waals surface area contributed by atoms with E-state index in [4.69, 9.17) is 26.8 Å². The lowest BCUT2D eigenvalue weighted by Gasteiger charge is -2.19. The Hall–Kier alpha value is -2.76. The van der Waals surface area contributed by atoms with Gasteiger partial charge in [0, 0.05) is 25.3 Å². The molecule has 1 atom stereocenters. The van der Waals surface area contributed by atoms with Gasteiger partial charge in [-0.05, 0) is 116 Å². The largest absolute Gasteiger partial charge is 0.497 e. The fraction of sp³-hybridized carbons (Fsp3) is 0.419. The molecule has 198 valence electrons. The highest BCUT2D eigenvalue weighted by Gasteiger charge is 2.24. The van der Waals surface area contributed by atoms with Crippen LogP contribution in [0.1, 0.15) is 56.2 Å². The van der Waals surface area contributed by atoms with Crippen LogP contribution in [0, 0.1) is 0 Å². The summed E-state index contributed by atoms with van der Waals surface area (Å²) >= 11 is 6.77. The number of nitrogens with zero attached hydrogens (tertiary/aromatic N) is 1. The minimum Gasteiger partial charge on any atom is -0.497 e. The standard InChI is InChI=1S/C31H38ClFN2O2/c1-21(8-9-22(2)37-26-14-17-35(20-26)16-5-15-33)31-27-12-10-24(34)18-23(27)6-4-7-29(31)28-13-11-25(36-3)19-30(28)32/h8-13,18-19,26H,4-7,14-17,20,34H2,1-3H3/b21-8+,22-9+/t26-/m0/s1. The van der Waals surface area contributed by atoms with E-state index in [9.17, 15) is 4.39 Å². The van der Waals surface area contributed by atoms with Crippen LogP contribution in [-0.2, 0) is 11.2 Å². The number of hydrogen-bond acceptors (Lipinski definition) is 4. The van der Waals surface area contributed by atoms with Gasteiger partial charge >= 0.3 is 0 Å². The first kappa shape index (κ1) is 27.3. The third-order valence-corrected chi connectivity index (χ3v) is 7.54. The number of halogens is 2. The summed E-state index contributed by atoms with van der Waals surface area (Å²) in [6.45, 7) is 6.51. The van der Waals surface area contributed by atoms with Crippen molar-refractivity contribution in [2.45, 2.75) is 52.1 Å². The quantitative estimate of drug-likeness (QED) is 0.210. The maximum absolute atomic E-state index is 12.5. The number of rotatable bonds is 9. The van der Waals surface area contributed by atoms with E-state index in [1.165, 1.54) is 22.3 Å². The van der Waals surface area contributed by atoms with Crippen LogP contribution in [0.5, 0.6) is 5.75 Å².